The van der Waals surface area contributed by atoms with Crippen molar-refractivity contribution in [2.45, 2.75) is 0 Å². The Morgan fingerprint density at radius 2 is 0.800 bits per heavy atom. The monoisotopic (exact) mass is 218 g/mol. The van der Waals surface area contributed by atoms with E-state index in [-0.39, 0.29) is 103 Å². The third-order valence-electron chi connectivity index (χ3n) is 0. The van der Waals surface area contributed by atoms with Gasteiger partial charge in [0.25, 0.3) is 0 Å². The van der Waals surface area contributed by atoms with E-state index in [4.69, 9.17) is 0 Å². The van der Waals surface area contributed by atoms with Crippen LogP contribution in [0.5, 0.6) is 0 Å². The second-order valence-electron chi connectivity index (χ2n) is 0. The summed E-state index contributed by atoms with van der Waals surface area (Å²) in [6.07, 6.45) is 0. The minimum atomic E-state index is 0. The van der Waals surface area contributed by atoms with Crippen LogP contribution in [0.4, 0.5) is 0 Å². The molecule has 0 spiro atoms. The predicted octanol–water partition coefficient (Wildman–Crippen LogP) is -3.23. The van der Waals surface area contributed by atoms with E-state index < -0.39 is 0 Å². The van der Waals surface area contributed by atoms with Crippen molar-refractivity contribution >= 4 is 0 Å². The molecule has 2 nitrogen and oxygen atoms in total. The summed E-state index contributed by atoms with van der Waals surface area (Å²) in [7, 11) is 0. The maximum absolute atomic E-state index is 0. The van der Waals surface area contributed by atoms with Crippen LogP contribution in [0.3, 0.4) is 0 Å². The van der Waals surface area contributed by atoms with Crippen LogP contribution in [-0.2, 0) is 11.0 Å². The molecular weight excluding hydrogens is 218 g/mol. The summed E-state index contributed by atoms with van der Waals surface area (Å²) < 4.78 is 0. The summed E-state index contributed by atoms with van der Waals surface area (Å²) in [5.74, 6) is 0. The Morgan fingerprint density at radius 3 is 0.800 bits per heavy atom. The zero-order valence-electron chi connectivity index (χ0n) is 2.75. The molecule has 0 saturated heterocycles. The molecule has 0 aliphatic heterocycles. The average molecular weight is 218 g/mol. The van der Waals surface area contributed by atoms with Gasteiger partial charge in [-0.05, 0) is 0 Å². The van der Waals surface area contributed by atoms with Gasteiger partial charge in [0.15, 0.2) is 0 Å². The Balaban J connectivity index is 0. The SMILES string of the molecule is [Ar].[La+3].[Li+].[O-2].[O-2]. The molecule has 0 atom stereocenters. The van der Waals surface area contributed by atoms with Gasteiger partial charge in [-0.15, -0.1) is 0 Å². The molecule has 0 aromatic heterocycles. The zero-order valence-corrected chi connectivity index (χ0v) is 7.08. The van der Waals surface area contributed by atoms with Crippen LogP contribution in [0.2, 0.25) is 0 Å². The van der Waals surface area contributed by atoms with E-state index >= 15 is 0 Å². The van der Waals surface area contributed by atoms with Crippen molar-refractivity contribution < 1.29 is 103 Å². The van der Waals surface area contributed by atoms with Crippen molar-refractivity contribution in [3.05, 3.63) is 0 Å². The Hall–Kier alpha value is 2.97. The van der Waals surface area contributed by atoms with Crippen molar-refractivity contribution in [2.75, 3.05) is 0 Å². The molecule has 0 aromatic rings. The Bertz CT molecular complexity index is 9.61. The fourth-order valence-corrected chi connectivity index (χ4v) is 0. The van der Waals surface area contributed by atoms with E-state index in [0.717, 1.165) is 0 Å². The molecule has 0 aromatic carbocycles. The molecule has 0 fully saturated rings. The predicted molar refractivity (Wildman–Crippen MR) is 1.37 cm³/mol. The molecule has 0 amide bonds. The van der Waals surface area contributed by atoms with E-state index in [1.807, 2.05) is 0 Å². The second-order valence-corrected chi connectivity index (χ2v) is 0. The van der Waals surface area contributed by atoms with Crippen LogP contribution in [0.25, 0.3) is 0 Å². The van der Waals surface area contributed by atoms with Gasteiger partial charge in [-0.3, -0.25) is 0 Å². The average Bonchev–Trinajstić information content (AvgIpc) is 0. The first kappa shape index (κ1) is 43.9. The summed E-state index contributed by atoms with van der Waals surface area (Å²) in [6.45, 7) is 0. The molecule has 0 rings (SSSR count). The molecule has 5 heavy (non-hydrogen) atoms. The fourth-order valence-electron chi connectivity index (χ4n) is 0. The Labute approximate surface area is 101 Å². The minimum absolute atomic E-state index is 0. The molecule has 0 aliphatic carbocycles. The maximum Gasteiger partial charge on any atom is 3.00 e. The second kappa shape index (κ2) is 28.2. The van der Waals surface area contributed by atoms with E-state index in [2.05, 4.69) is 0 Å². The summed E-state index contributed by atoms with van der Waals surface area (Å²) >= 11 is 0. The van der Waals surface area contributed by atoms with Gasteiger partial charge in [-0.25, -0.2) is 0 Å². The summed E-state index contributed by atoms with van der Waals surface area (Å²) in [6, 6.07) is 0. The molecule has 24 valence electrons. The summed E-state index contributed by atoms with van der Waals surface area (Å²) in [4.78, 5) is 0. The van der Waals surface area contributed by atoms with Crippen molar-refractivity contribution in [3.8, 4) is 0 Å². The topological polar surface area (TPSA) is 57.0 Å². The van der Waals surface area contributed by atoms with Gasteiger partial charge in [0, 0.05) is 37.7 Å². The maximum atomic E-state index is 0. The molecule has 0 saturated carbocycles. The van der Waals surface area contributed by atoms with E-state index in [1.165, 1.54) is 0 Å². The molecule has 0 bridgehead atoms. The van der Waals surface area contributed by atoms with E-state index in [0.29, 0.717) is 0 Å². The summed E-state index contributed by atoms with van der Waals surface area (Å²) in [5.41, 5.74) is 0. The van der Waals surface area contributed by atoms with Gasteiger partial charge in [0.2, 0.25) is 0 Å². The van der Waals surface area contributed by atoms with Crippen molar-refractivity contribution in [1.29, 1.82) is 0 Å². The first-order valence-electron chi connectivity index (χ1n) is 0. The van der Waals surface area contributed by atoms with Crippen LogP contribution < -0.4 is 18.9 Å². The standard InChI is InChI=1S/Ar.La.Li.2O/q;+3;+1;2*-2. The van der Waals surface area contributed by atoms with Crippen molar-refractivity contribution in [1.82, 2.24) is 0 Å². The van der Waals surface area contributed by atoms with Gasteiger partial charge in [0.1, 0.15) is 0 Å². The minimum Gasteiger partial charge on any atom is -2.00 e. The smallest absolute Gasteiger partial charge is 2.00 e. The van der Waals surface area contributed by atoms with Gasteiger partial charge in [-0.2, -0.15) is 0 Å². The Morgan fingerprint density at radius 1 is 0.800 bits per heavy atom. The van der Waals surface area contributed by atoms with E-state index in [9.17, 15) is 0 Å². The number of rotatable bonds is 0. The zero-order chi connectivity index (χ0) is 0. The quantitative estimate of drug-likeness (QED) is 0.384. The van der Waals surface area contributed by atoms with Crippen molar-refractivity contribution in [3.63, 3.8) is 0 Å². The van der Waals surface area contributed by atoms with E-state index in [1.54, 1.807) is 0 Å². The normalized spacial score (nSPS) is 0. The first-order chi connectivity index (χ1) is 0. The molecular formula is ArLaLiO2. The van der Waals surface area contributed by atoms with Crippen LogP contribution in [0.15, 0.2) is 0 Å². The van der Waals surface area contributed by atoms with Gasteiger partial charge in [-0.1, -0.05) is 0 Å². The molecule has 0 heterocycles. The van der Waals surface area contributed by atoms with Crippen LogP contribution in [0, 0.1) is 73.3 Å². The molecule has 0 aliphatic rings. The number of hydrogen-bond acceptors (Lipinski definition) is 0. The third-order valence-corrected chi connectivity index (χ3v) is 0. The van der Waals surface area contributed by atoms with Gasteiger partial charge >= 0.3 is 54.5 Å². The third kappa shape index (κ3) is 19.5. The Kier molecular flexibility index (Phi) is 247. The molecule has 0 N–H and O–H groups in total. The van der Waals surface area contributed by atoms with Crippen molar-refractivity contribution in [2.24, 2.45) is 0 Å². The first-order valence-corrected chi connectivity index (χ1v) is 0. The molecule has 0 unspecified atom stereocenters. The summed E-state index contributed by atoms with van der Waals surface area (Å²) in [5, 5.41) is 0. The van der Waals surface area contributed by atoms with Crippen LogP contribution >= 0.6 is 0 Å². The van der Waals surface area contributed by atoms with Gasteiger partial charge in [0.05, 0.1) is 0 Å². The number of hydrogen-bond donors (Lipinski definition) is 0. The van der Waals surface area contributed by atoms with Gasteiger partial charge < -0.3 is 11.0 Å². The molecule has 5 heteroatoms. The fraction of sp³-hybridized carbons (Fsp3) is 0. The largest absolute Gasteiger partial charge is 3.00 e. The van der Waals surface area contributed by atoms with Crippen LogP contribution in [0.1, 0.15) is 0 Å². The van der Waals surface area contributed by atoms with Crippen LogP contribution in [-0.4, -0.2) is 0 Å². The molecule has 0 radical (unpaired) electrons.